The van der Waals surface area contributed by atoms with Gasteiger partial charge in [-0.15, -0.1) is 0 Å². The molecule has 148 valence electrons. The molecule has 0 bridgehead atoms. The molecule has 1 N–H and O–H groups in total. The van der Waals surface area contributed by atoms with Crippen LogP contribution < -0.4 is 14.8 Å². The lowest BCUT2D eigenvalue weighted by Crippen LogP contribution is -2.24. The maximum absolute atomic E-state index is 13.6. The summed E-state index contributed by atoms with van der Waals surface area (Å²) in [7, 11) is 0. The molecule has 28 heavy (non-hydrogen) atoms. The standard InChI is InChI=1S/C18H17FN2O7/c1-2-26-15-5-3-4-6-16(15)27-11-18(23)28-10-17(22)20-14-9-12(21(24)25)7-8-13(14)19/h3-9H,2,10-11H2,1H3,(H,20,22). The highest BCUT2D eigenvalue weighted by molar-refractivity contribution is 5.93. The van der Waals surface area contributed by atoms with Crippen molar-refractivity contribution in [2.24, 2.45) is 0 Å². The molecule has 0 saturated carbocycles. The Morgan fingerprint density at radius 2 is 1.79 bits per heavy atom. The zero-order chi connectivity index (χ0) is 20.5. The molecular formula is C18H17FN2O7. The SMILES string of the molecule is CCOc1ccccc1OCC(=O)OCC(=O)Nc1cc([N+](=O)[O-])ccc1F. The second-order valence-electron chi connectivity index (χ2n) is 5.30. The van der Waals surface area contributed by atoms with Gasteiger partial charge in [-0.05, 0) is 25.1 Å². The van der Waals surface area contributed by atoms with Crippen molar-refractivity contribution in [2.75, 3.05) is 25.1 Å². The van der Waals surface area contributed by atoms with Crippen molar-refractivity contribution in [1.29, 1.82) is 0 Å². The first kappa shape index (κ1) is 20.6. The minimum atomic E-state index is -0.860. The maximum Gasteiger partial charge on any atom is 0.344 e. The Labute approximate surface area is 159 Å². The van der Waals surface area contributed by atoms with Crippen LogP contribution in [0.25, 0.3) is 0 Å². The predicted octanol–water partition coefficient (Wildman–Crippen LogP) is 2.69. The van der Waals surface area contributed by atoms with Crippen LogP contribution in [0.2, 0.25) is 0 Å². The molecule has 0 aliphatic rings. The average Bonchev–Trinajstić information content (AvgIpc) is 2.67. The van der Waals surface area contributed by atoms with Crippen molar-refractivity contribution < 1.29 is 33.1 Å². The summed E-state index contributed by atoms with van der Waals surface area (Å²) in [6.07, 6.45) is 0. The fraction of sp³-hybridized carbons (Fsp3) is 0.222. The number of nitro groups is 1. The van der Waals surface area contributed by atoms with Gasteiger partial charge in [0.05, 0.1) is 17.2 Å². The smallest absolute Gasteiger partial charge is 0.344 e. The van der Waals surface area contributed by atoms with E-state index in [4.69, 9.17) is 14.2 Å². The Balaban J connectivity index is 1.84. The highest BCUT2D eigenvalue weighted by Gasteiger charge is 2.15. The van der Waals surface area contributed by atoms with Gasteiger partial charge in [0, 0.05) is 12.1 Å². The Kier molecular flexibility index (Phi) is 7.26. The minimum Gasteiger partial charge on any atom is -0.490 e. The molecule has 0 radical (unpaired) electrons. The number of rotatable bonds is 9. The van der Waals surface area contributed by atoms with E-state index >= 15 is 0 Å². The van der Waals surface area contributed by atoms with Crippen molar-refractivity contribution >= 4 is 23.3 Å². The molecule has 0 saturated heterocycles. The molecule has 0 spiro atoms. The topological polar surface area (TPSA) is 117 Å². The number of esters is 1. The number of hydrogen-bond donors (Lipinski definition) is 1. The third-order valence-electron chi connectivity index (χ3n) is 3.29. The third-order valence-corrected chi connectivity index (χ3v) is 3.29. The zero-order valence-electron chi connectivity index (χ0n) is 14.8. The van der Waals surface area contributed by atoms with Gasteiger partial charge in [0.15, 0.2) is 24.7 Å². The van der Waals surface area contributed by atoms with E-state index in [1.807, 2.05) is 0 Å². The Morgan fingerprint density at radius 3 is 2.43 bits per heavy atom. The summed E-state index contributed by atoms with van der Waals surface area (Å²) in [5, 5.41) is 12.8. The van der Waals surface area contributed by atoms with Crippen LogP contribution in [0.5, 0.6) is 11.5 Å². The Hall–Kier alpha value is -3.69. The number of halogens is 1. The number of amides is 1. The number of para-hydroxylation sites is 2. The second kappa shape index (κ2) is 9.86. The lowest BCUT2D eigenvalue weighted by atomic mass is 10.2. The summed E-state index contributed by atoms with van der Waals surface area (Å²) in [4.78, 5) is 33.5. The molecule has 2 aromatic carbocycles. The molecule has 0 aliphatic heterocycles. The van der Waals surface area contributed by atoms with Gasteiger partial charge in [0.1, 0.15) is 5.82 Å². The van der Waals surface area contributed by atoms with E-state index in [0.717, 1.165) is 18.2 Å². The highest BCUT2D eigenvalue weighted by Crippen LogP contribution is 2.26. The molecule has 2 rings (SSSR count). The van der Waals surface area contributed by atoms with Crippen LogP contribution in [0, 0.1) is 15.9 Å². The Morgan fingerprint density at radius 1 is 1.11 bits per heavy atom. The summed E-state index contributed by atoms with van der Waals surface area (Å²) in [5.74, 6) is -1.76. The zero-order valence-corrected chi connectivity index (χ0v) is 14.8. The number of benzene rings is 2. The fourth-order valence-corrected chi connectivity index (χ4v) is 2.08. The van der Waals surface area contributed by atoms with Crippen molar-refractivity contribution in [1.82, 2.24) is 0 Å². The van der Waals surface area contributed by atoms with Gasteiger partial charge in [-0.25, -0.2) is 9.18 Å². The molecule has 0 atom stereocenters. The molecular weight excluding hydrogens is 375 g/mol. The number of non-ortho nitro benzene ring substituents is 1. The molecule has 10 heteroatoms. The van der Waals surface area contributed by atoms with Crippen LogP contribution in [0.3, 0.4) is 0 Å². The second-order valence-corrected chi connectivity index (χ2v) is 5.30. The number of nitro benzene ring substituents is 1. The van der Waals surface area contributed by atoms with Crippen LogP contribution in [0.4, 0.5) is 15.8 Å². The van der Waals surface area contributed by atoms with E-state index in [-0.39, 0.29) is 0 Å². The quantitative estimate of drug-likeness (QED) is 0.396. The monoisotopic (exact) mass is 392 g/mol. The lowest BCUT2D eigenvalue weighted by molar-refractivity contribution is -0.384. The number of carbonyl (C=O) groups is 2. The lowest BCUT2D eigenvalue weighted by Gasteiger charge is -2.11. The van der Waals surface area contributed by atoms with E-state index in [0.29, 0.717) is 18.1 Å². The van der Waals surface area contributed by atoms with Gasteiger partial charge < -0.3 is 19.5 Å². The minimum absolute atomic E-state index is 0.337. The fourth-order valence-electron chi connectivity index (χ4n) is 2.08. The van der Waals surface area contributed by atoms with Crippen molar-refractivity contribution in [2.45, 2.75) is 6.92 Å². The van der Waals surface area contributed by atoms with E-state index in [1.54, 1.807) is 31.2 Å². The molecule has 0 aromatic heterocycles. The summed E-state index contributed by atoms with van der Waals surface area (Å²) >= 11 is 0. The number of carbonyl (C=O) groups excluding carboxylic acids is 2. The van der Waals surface area contributed by atoms with Gasteiger partial charge in [0.25, 0.3) is 11.6 Å². The normalized spacial score (nSPS) is 10.1. The van der Waals surface area contributed by atoms with E-state index in [9.17, 15) is 24.1 Å². The number of anilines is 1. The predicted molar refractivity (Wildman–Crippen MR) is 95.7 cm³/mol. The summed E-state index contributed by atoms with van der Waals surface area (Å²) in [6.45, 7) is 1.03. The molecule has 0 fully saturated rings. The molecule has 0 heterocycles. The number of nitrogens with one attached hydrogen (secondary N) is 1. The summed E-state index contributed by atoms with van der Waals surface area (Å²) < 4.78 is 29.0. The first-order chi connectivity index (χ1) is 13.4. The van der Waals surface area contributed by atoms with Gasteiger partial charge >= 0.3 is 5.97 Å². The van der Waals surface area contributed by atoms with Gasteiger partial charge in [0.2, 0.25) is 0 Å². The molecule has 0 aliphatic carbocycles. The van der Waals surface area contributed by atoms with Crippen LogP contribution in [-0.2, 0) is 14.3 Å². The molecule has 2 aromatic rings. The average molecular weight is 392 g/mol. The largest absolute Gasteiger partial charge is 0.490 e. The summed E-state index contributed by atoms with van der Waals surface area (Å²) in [5.41, 5.74) is -0.785. The van der Waals surface area contributed by atoms with E-state index in [2.05, 4.69) is 5.32 Å². The first-order valence-electron chi connectivity index (χ1n) is 8.14. The van der Waals surface area contributed by atoms with Crippen LogP contribution >= 0.6 is 0 Å². The third kappa shape index (κ3) is 5.94. The van der Waals surface area contributed by atoms with Crippen molar-refractivity contribution in [3.63, 3.8) is 0 Å². The summed E-state index contributed by atoms with van der Waals surface area (Å²) in [6, 6.07) is 9.40. The van der Waals surface area contributed by atoms with E-state index < -0.39 is 47.2 Å². The van der Waals surface area contributed by atoms with Gasteiger partial charge in [-0.3, -0.25) is 14.9 Å². The number of hydrogen-bond acceptors (Lipinski definition) is 7. The molecule has 1 amide bonds. The molecule has 9 nitrogen and oxygen atoms in total. The van der Waals surface area contributed by atoms with Crippen molar-refractivity contribution in [3.05, 3.63) is 58.4 Å². The maximum atomic E-state index is 13.6. The Bertz CT molecular complexity index is 873. The van der Waals surface area contributed by atoms with Crippen LogP contribution in [-0.4, -0.2) is 36.6 Å². The van der Waals surface area contributed by atoms with Gasteiger partial charge in [-0.2, -0.15) is 0 Å². The van der Waals surface area contributed by atoms with Gasteiger partial charge in [-0.1, -0.05) is 12.1 Å². The number of ether oxygens (including phenoxy) is 3. The molecule has 0 unspecified atom stereocenters. The first-order valence-corrected chi connectivity index (χ1v) is 8.14. The van der Waals surface area contributed by atoms with E-state index in [1.165, 1.54) is 0 Å². The number of nitrogens with zero attached hydrogens (tertiary/aromatic N) is 1. The van der Waals surface area contributed by atoms with Crippen molar-refractivity contribution in [3.8, 4) is 11.5 Å². The van der Waals surface area contributed by atoms with Crippen LogP contribution in [0.15, 0.2) is 42.5 Å². The van der Waals surface area contributed by atoms with Crippen LogP contribution in [0.1, 0.15) is 6.92 Å². The highest BCUT2D eigenvalue weighted by atomic mass is 19.1.